The van der Waals surface area contributed by atoms with E-state index in [1.165, 1.54) is 77.0 Å². The van der Waals surface area contributed by atoms with Crippen molar-refractivity contribution in [2.75, 3.05) is 54.1 Å². The van der Waals surface area contributed by atoms with Crippen LogP contribution in [-0.2, 0) is 29.7 Å². The minimum Gasteiger partial charge on any atom is -0.756 e. The summed E-state index contributed by atoms with van der Waals surface area (Å²) >= 11 is 0. The third-order valence-corrected chi connectivity index (χ3v) is 7.98. The molecular formula is C32H60NO6P. The predicted molar refractivity (Wildman–Crippen MR) is 163 cm³/mol. The van der Waals surface area contributed by atoms with E-state index in [1.54, 1.807) is 0 Å². The molecule has 0 saturated heterocycles. The second kappa shape index (κ2) is 22.8. The number of quaternary nitrogens is 1. The SMILES string of the molecule is CCCCCCCCCCCCCCC(C)COC[C@H](COP(=O)([O-])OCC[N+](C)(C)C)OCc1ccccc1. The van der Waals surface area contributed by atoms with Gasteiger partial charge in [0.25, 0.3) is 7.82 Å². The van der Waals surface area contributed by atoms with Crippen molar-refractivity contribution in [2.24, 2.45) is 5.92 Å². The Morgan fingerprint density at radius 2 is 1.38 bits per heavy atom. The molecule has 40 heavy (non-hydrogen) atoms. The fourth-order valence-electron chi connectivity index (χ4n) is 4.39. The lowest BCUT2D eigenvalue weighted by Crippen LogP contribution is -2.37. The molecule has 1 aromatic carbocycles. The van der Waals surface area contributed by atoms with Gasteiger partial charge in [-0.05, 0) is 17.9 Å². The van der Waals surface area contributed by atoms with Gasteiger partial charge in [0.1, 0.15) is 19.3 Å². The Morgan fingerprint density at radius 3 is 1.95 bits per heavy atom. The number of hydrogen-bond acceptors (Lipinski definition) is 6. The van der Waals surface area contributed by atoms with Crippen LogP contribution in [0, 0.1) is 5.92 Å². The maximum Gasteiger partial charge on any atom is 0.268 e. The molecule has 7 nitrogen and oxygen atoms in total. The van der Waals surface area contributed by atoms with Gasteiger partial charge in [-0.1, -0.05) is 121 Å². The molecule has 0 bridgehead atoms. The topological polar surface area (TPSA) is 77.1 Å². The number of unbranched alkanes of at least 4 members (excludes halogenated alkanes) is 11. The Labute approximate surface area is 246 Å². The molecule has 3 atom stereocenters. The van der Waals surface area contributed by atoms with Crippen molar-refractivity contribution >= 4 is 7.82 Å². The summed E-state index contributed by atoms with van der Waals surface area (Å²) in [5.41, 5.74) is 1.01. The lowest BCUT2D eigenvalue weighted by atomic mass is 10.0. The lowest BCUT2D eigenvalue weighted by Gasteiger charge is -2.28. The largest absolute Gasteiger partial charge is 0.756 e. The van der Waals surface area contributed by atoms with Crippen LogP contribution in [0.4, 0.5) is 0 Å². The molecule has 1 aromatic rings. The van der Waals surface area contributed by atoms with E-state index in [-0.39, 0.29) is 19.8 Å². The first-order valence-corrected chi connectivity index (χ1v) is 17.2. The Balaban J connectivity index is 2.26. The maximum atomic E-state index is 12.3. The van der Waals surface area contributed by atoms with Crippen molar-refractivity contribution in [3.05, 3.63) is 35.9 Å². The van der Waals surface area contributed by atoms with Crippen molar-refractivity contribution in [3.63, 3.8) is 0 Å². The van der Waals surface area contributed by atoms with Gasteiger partial charge in [-0.25, -0.2) is 0 Å². The molecule has 0 aliphatic rings. The van der Waals surface area contributed by atoms with E-state index in [2.05, 4.69) is 13.8 Å². The molecule has 0 aliphatic carbocycles. The van der Waals surface area contributed by atoms with Crippen molar-refractivity contribution in [1.82, 2.24) is 0 Å². The third-order valence-electron chi connectivity index (χ3n) is 7.02. The van der Waals surface area contributed by atoms with Gasteiger partial charge in [0, 0.05) is 6.61 Å². The van der Waals surface area contributed by atoms with Gasteiger partial charge in [0.15, 0.2) is 0 Å². The second-order valence-corrected chi connectivity index (χ2v) is 13.7. The number of nitrogens with zero attached hydrogens (tertiary/aromatic N) is 1. The molecule has 0 saturated carbocycles. The summed E-state index contributed by atoms with van der Waals surface area (Å²) in [5.74, 6) is 0.447. The summed E-state index contributed by atoms with van der Waals surface area (Å²) in [6.07, 6.45) is 16.9. The van der Waals surface area contributed by atoms with Gasteiger partial charge in [-0.3, -0.25) is 4.57 Å². The number of likely N-dealkylation sites (N-methyl/N-ethyl adjacent to an activating group) is 1. The van der Waals surface area contributed by atoms with Crippen molar-refractivity contribution in [3.8, 4) is 0 Å². The minimum absolute atomic E-state index is 0.0763. The smallest absolute Gasteiger partial charge is 0.268 e. The van der Waals surface area contributed by atoms with Crippen LogP contribution in [0.5, 0.6) is 0 Å². The average molecular weight is 586 g/mol. The average Bonchev–Trinajstić information content (AvgIpc) is 2.90. The van der Waals surface area contributed by atoms with E-state index >= 15 is 0 Å². The van der Waals surface area contributed by atoms with Crippen LogP contribution in [0.25, 0.3) is 0 Å². The molecule has 8 heteroatoms. The van der Waals surface area contributed by atoms with E-state index in [9.17, 15) is 9.46 Å². The van der Waals surface area contributed by atoms with Crippen molar-refractivity contribution in [1.29, 1.82) is 0 Å². The fourth-order valence-corrected chi connectivity index (χ4v) is 5.12. The molecule has 0 amide bonds. The summed E-state index contributed by atoms with van der Waals surface area (Å²) in [6.45, 7) is 6.24. The zero-order chi connectivity index (χ0) is 29.5. The van der Waals surface area contributed by atoms with Crippen LogP contribution in [0.15, 0.2) is 30.3 Å². The zero-order valence-electron chi connectivity index (χ0n) is 26.3. The summed E-state index contributed by atoms with van der Waals surface area (Å²) in [6, 6.07) is 9.80. The Kier molecular flexibility index (Phi) is 21.2. The number of phosphoric acid groups is 1. The van der Waals surface area contributed by atoms with E-state index in [4.69, 9.17) is 18.5 Å². The van der Waals surface area contributed by atoms with Crippen molar-refractivity contribution in [2.45, 2.75) is 110 Å². The predicted octanol–water partition coefficient (Wildman–Crippen LogP) is 7.52. The number of ether oxygens (including phenoxy) is 2. The van der Waals surface area contributed by atoms with Gasteiger partial charge in [-0.2, -0.15) is 0 Å². The highest BCUT2D eigenvalue weighted by Gasteiger charge is 2.18. The summed E-state index contributed by atoms with van der Waals surface area (Å²) < 4.78 is 35.0. The fraction of sp³-hybridized carbons (Fsp3) is 0.812. The molecule has 0 radical (unpaired) electrons. The summed E-state index contributed by atoms with van der Waals surface area (Å²) in [7, 11) is 1.52. The van der Waals surface area contributed by atoms with Crippen LogP contribution in [0.3, 0.4) is 0 Å². The van der Waals surface area contributed by atoms with E-state index in [0.717, 1.165) is 12.0 Å². The number of hydrogen-bond donors (Lipinski definition) is 0. The van der Waals surface area contributed by atoms with Gasteiger partial charge in [0.05, 0.1) is 41.0 Å². The van der Waals surface area contributed by atoms with Crippen LogP contribution >= 0.6 is 7.82 Å². The molecule has 234 valence electrons. The Hall–Kier alpha value is -0.790. The zero-order valence-corrected chi connectivity index (χ0v) is 27.2. The van der Waals surface area contributed by atoms with Gasteiger partial charge in [-0.15, -0.1) is 0 Å². The van der Waals surface area contributed by atoms with Gasteiger partial charge in [0.2, 0.25) is 0 Å². The first-order valence-electron chi connectivity index (χ1n) is 15.7. The molecule has 0 spiro atoms. The third kappa shape index (κ3) is 22.8. The Morgan fingerprint density at radius 1 is 0.800 bits per heavy atom. The highest BCUT2D eigenvalue weighted by Crippen LogP contribution is 2.38. The van der Waals surface area contributed by atoms with E-state index in [0.29, 0.717) is 30.2 Å². The number of phosphoric ester groups is 1. The standard InChI is InChI=1S/C32H60NO6P/c1-6-7-8-9-10-11-12-13-14-15-16-18-21-30(2)26-36-28-32(37-27-31-22-19-17-20-23-31)29-39-40(34,35)38-25-24-33(3,4)5/h17,19-20,22-23,30,32H,6-16,18,21,24-29H2,1-5H3/t30?,32-/m1/s1. The molecule has 0 fully saturated rings. The van der Waals surface area contributed by atoms with E-state index in [1.807, 2.05) is 51.5 Å². The van der Waals surface area contributed by atoms with Crippen LogP contribution < -0.4 is 4.89 Å². The minimum atomic E-state index is -4.41. The summed E-state index contributed by atoms with van der Waals surface area (Å²) in [5, 5.41) is 0. The van der Waals surface area contributed by atoms with E-state index < -0.39 is 13.9 Å². The molecule has 0 N–H and O–H groups in total. The summed E-state index contributed by atoms with van der Waals surface area (Å²) in [4.78, 5) is 12.3. The Bertz CT molecular complexity index is 758. The molecule has 0 aromatic heterocycles. The molecule has 1 rings (SSSR count). The van der Waals surface area contributed by atoms with Crippen molar-refractivity contribution < 1.29 is 32.5 Å². The number of benzene rings is 1. The van der Waals surface area contributed by atoms with Gasteiger partial charge < -0.3 is 27.9 Å². The quantitative estimate of drug-likeness (QED) is 0.0604. The van der Waals surface area contributed by atoms with Crippen LogP contribution in [0.2, 0.25) is 0 Å². The molecule has 0 aliphatic heterocycles. The van der Waals surface area contributed by atoms with Crippen LogP contribution in [-0.4, -0.2) is 64.7 Å². The van der Waals surface area contributed by atoms with Crippen LogP contribution in [0.1, 0.15) is 103 Å². The lowest BCUT2D eigenvalue weighted by molar-refractivity contribution is -0.870. The monoisotopic (exact) mass is 585 g/mol. The molecule has 0 heterocycles. The number of rotatable bonds is 27. The molecule has 2 unspecified atom stereocenters. The maximum absolute atomic E-state index is 12.3. The highest BCUT2D eigenvalue weighted by atomic mass is 31.2. The first kappa shape index (κ1) is 37.2. The first-order chi connectivity index (χ1) is 19.1. The highest BCUT2D eigenvalue weighted by molar-refractivity contribution is 7.45. The molecular weight excluding hydrogens is 525 g/mol. The normalized spacial score (nSPS) is 15.2. The van der Waals surface area contributed by atoms with Gasteiger partial charge >= 0.3 is 0 Å². The second-order valence-electron chi connectivity index (χ2n) is 12.3.